The fourth-order valence-corrected chi connectivity index (χ4v) is 3.13. The highest BCUT2D eigenvalue weighted by molar-refractivity contribution is 5.85. The van der Waals surface area contributed by atoms with Gasteiger partial charge in [-0.2, -0.15) is 0 Å². The Kier molecular flexibility index (Phi) is 6.16. The second kappa shape index (κ2) is 7.95. The lowest BCUT2D eigenvalue weighted by molar-refractivity contribution is -0.137. The fourth-order valence-electron chi connectivity index (χ4n) is 3.13. The molecule has 1 aromatic rings. The maximum absolute atomic E-state index is 12.4. The van der Waals surface area contributed by atoms with Gasteiger partial charge < -0.3 is 15.5 Å². The van der Waals surface area contributed by atoms with Gasteiger partial charge in [-0.15, -0.1) is 0 Å². The third kappa shape index (κ3) is 5.26. The van der Waals surface area contributed by atoms with Crippen LogP contribution in [0, 0.1) is 0 Å². The SMILES string of the molecule is CN(C)C(=O)CCc1cccc([C@H]2CCCN(C(=O)C(C)(C)N)C2)n1. The molecule has 6 nitrogen and oxygen atoms in total. The molecule has 2 rings (SSSR count). The van der Waals surface area contributed by atoms with Crippen molar-refractivity contribution in [1.29, 1.82) is 0 Å². The molecule has 6 heteroatoms. The summed E-state index contributed by atoms with van der Waals surface area (Å²) in [5.41, 5.74) is 7.05. The molecule has 1 fully saturated rings. The summed E-state index contributed by atoms with van der Waals surface area (Å²) < 4.78 is 0. The lowest BCUT2D eigenvalue weighted by atomic mass is 9.92. The zero-order chi connectivity index (χ0) is 18.6. The Morgan fingerprint density at radius 1 is 1.36 bits per heavy atom. The Morgan fingerprint density at radius 2 is 2.08 bits per heavy atom. The molecule has 0 bridgehead atoms. The summed E-state index contributed by atoms with van der Waals surface area (Å²) in [7, 11) is 3.53. The number of carbonyl (C=O) groups excluding carboxylic acids is 2. The minimum atomic E-state index is -0.844. The van der Waals surface area contributed by atoms with Crippen LogP contribution in [0.25, 0.3) is 0 Å². The normalized spacial score (nSPS) is 18.1. The number of pyridine rings is 1. The molecule has 0 aromatic carbocycles. The topological polar surface area (TPSA) is 79.5 Å². The van der Waals surface area contributed by atoms with Gasteiger partial charge in [0.2, 0.25) is 11.8 Å². The number of aromatic nitrogens is 1. The highest BCUT2D eigenvalue weighted by Gasteiger charge is 2.32. The largest absolute Gasteiger partial charge is 0.349 e. The highest BCUT2D eigenvalue weighted by atomic mass is 16.2. The first kappa shape index (κ1) is 19.4. The van der Waals surface area contributed by atoms with Gasteiger partial charge in [0.1, 0.15) is 0 Å². The monoisotopic (exact) mass is 346 g/mol. The van der Waals surface area contributed by atoms with Crippen LogP contribution in [-0.4, -0.2) is 59.3 Å². The Morgan fingerprint density at radius 3 is 2.72 bits per heavy atom. The van der Waals surface area contributed by atoms with Gasteiger partial charge in [0.25, 0.3) is 0 Å². The Bertz CT molecular complexity index is 622. The molecule has 1 aliphatic heterocycles. The third-order valence-electron chi connectivity index (χ3n) is 4.60. The van der Waals surface area contributed by atoms with Crippen LogP contribution in [0.1, 0.15) is 50.4 Å². The van der Waals surface area contributed by atoms with Crippen molar-refractivity contribution in [2.75, 3.05) is 27.2 Å². The lowest BCUT2D eigenvalue weighted by Crippen LogP contribution is -2.53. The van der Waals surface area contributed by atoms with E-state index in [1.165, 1.54) is 0 Å². The molecule has 138 valence electrons. The average Bonchev–Trinajstić information content (AvgIpc) is 2.58. The van der Waals surface area contributed by atoms with Crippen molar-refractivity contribution >= 4 is 11.8 Å². The van der Waals surface area contributed by atoms with E-state index >= 15 is 0 Å². The van der Waals surface area contributed by atoms with Crippen molar-refractivity contribution in [2.45, 2.75) is 51.0 Å². The molecule has 25 heavy (non-hydrogen) atoms. The summed E-state index contributed by atoms with van der Waals surface area (Å²) in [5, 5.41) is 0. The molecule has 1 saturated heterocycles. The maximum Gasteiger partial charge on any atom is 0.242 e. The van der Waals surface area contributed by atoms with E-state index in [4.69, 9.17) is 10.7 Å². The maximum atomic E-state index is 12.4. The summed E-state index contributed by atoms with van der Waals surface area (Å²) in [4.78, 5) is 32.4. The molecule has 1 aliphatic rings. The minimum absolute atomic E-state index is 0.00932. The minimum Gasteiger partial charge on any atom is -0.349 e. The summed E-state index contributed by atoms with van der Waals surface area (Å²) in [6, 6.07) is 5.97. The van der Waals surface area contributed by atoms with Gasteiger partial charge in [0.05, 0.1) is 5.54 Å². The summed E-state index contributed by atoms with van der Waals surface area (Å²) in [5.74, 6) is 0.321. The fraction of sp³-hybridized carbons (Fsp3) is 0.632. The molecule has 2 amide bonds. The van der Waals surface area contributed by atoms with E-state index in [1.54, 1.807) is 32.8 Å². The average molecular weight is 346 g/mol. The molecular weight excluding hydrogens is 316 g/mol. The number of rotatable bonds is 5. The van der Waals surface area contributed by atoms with Crippen molar-refractivity contribution in [3.63, 3.8) is 0 Å². The number of amides is 2. The number of nitrogens with two attached hydrogens (primary N) is 1. The highest BCUT2D eigenvalue weighted by Crippen LogP contribution is 2.27. The standard InChI is InChI=1S/C19H30N4O2/c1-19(2,20)18(25)23-12-6-7-14(13-23)16-9-5-8-15(21-16)10-11-17(24)22(3)4/h5,8-9,14H,6-7,10-13,20H2,1-4H3/t14-/m0/s1. The Hall–Kier alpha value is -1.95. The van der Waals surface area contributed by atoms with Gasteiger partial charge in [-0.1, -0.05) is 6.07 Å². The summed E-state index contributed by atoms with van der Waals surface area (Å²) >= 11 is 0. The van der Waals surface area contributed by atoms with Crippen molar-refractivity contribution in [3.05, 3.63) is 29.6 Å². The number of carbonyl (C=O) groups is 2. The first-order valence-corrected chi connectivity index (χ1v) is 8.92. The Balaban J connectivity index is 2.04. The van der Waals surface area contributed by atoms with E-state index in [9.17, 15) is 9.59 Å². The van der Waals surface area contributed by atoms with Crippen LogP contribution in [0.3, 0.4) is 0 Å². The summed E-state index contributed by atoms with van der Waals surface area (Å²) in [6.07, 6.45) is 3.06. The van der Waals surface area contributed by atoms with Crippen molar-refractivity contribution < 1.29 is 9.59 Å². The van der Waals surface area contributed by atoms with Gasteiger partial charge in [-0.05, 0) is 45.2 Å². The van der Waals surface area contributed by atoms with Crippen molar-refractivity contribution in [3.8, 4) is 0 Å². The molecule has 0 unspecified atom stereocenters. The molecule has 0 saturated carbocycles. The van der Waals surface area contributed by atoms with Gasteiger partial charge in [-0.25, -0.2) is 0 Å². The zero-order valence-electron chi connectivity index (χ0n) is 15.8. The van der Waals surface area contributed by atoms with Gasteiger partial charge in [0, 0.05) is 50.9 Å². The molecule has 2 N–H and O–H groups in total. The first-order valence-electron chi connectivity index (χ1n) is 8.92. The summed E-state index contributed by atoms with van der Waals surface area (Å²) in [6.45, 7) is 4.92. The molecule has 0 spiro atoms. The van der Waals surface area contributed by atoms with Crippen LogP contribution in [-0.2, 0) is 16.0 Å². The number of nitrogens with zero attached hydrogens (tertiary/aromatic N) is 3. The van der Waals surface area contributed by atoms with Gasteiger partial charge in [-0.3, -0.25) is 14.6 Å². The van der Waals surface area contributed by atoms with Crippen LogP contribution >= 0.6 is 0 Å². The van der Waals surface area contributed by atoms with E-state index in [0.717, 1.165) is 30.8 Å². The smallest absolute Gasteiger partial charge is 0.242 e. The number of piperidine rings is 1. The number of aryl methyl sites for hydroxylation is 1. The van der Waals surface area contributed by atoms with E-state index in [2.05, 4.69) is 0 Å². The second-order valence-electron chi connectivity index (χ2n) is 7.65. The van der Waals surface area contributed by atoms with Crippen molar-refractivity contribution in [2.24, 2.45) is 5.73 Å². The van der Waals surface area contributed by atoms with Crippen LogP contribution in [0.2, 0.25) is 0 Å². The molecule has 0 aliphatic carbocycles. The molecule has 2 heterocycles. The van der Waals surface area contributed by atoms with E-state index < -0.39 is 5.54 Å². The van der Waals surface area contributed by atoms with Crippen LogP contribution in [0.15, 0.2) is 18.2 Å². The van der Waals surface area contributed by atoms with E-state index in [0.29, 0.717) is 19.4 Å². The number of likely N-dealkylation sites (tertiary alicyclic amines) is 1. The van der Waals surface area contributed by atoms with E-state index in [1.807, 2.05) is 23.1 Å². The molecule has 0 radical (unpaired) electrons. The lowest BCUT2D eigenvalue weighted by Gasteiger charge is -2.36. The predicted octanol–water partition coefficient (Wildman–Crippen LogP) is 1.55. The van der Waals surface area contributed by atoms with E-state index in [-0.39, 0.29) is 17.7 Å². The van der Waals surface area contributed by atoms with Crippen molar-refractivity contribution in [1.82, 2.24) is 14.8 Å². The molecule has 1 aromatic heterocycles. The predicted molar refractivity (Wildman–Crippen MR) is 98.1 cm³/mol. The van der Waals surface area contributed by atoms with Gasteiger partial charge in [0.15, 0.2) is 0 Å². The Labute approximate surface area is 150 Å². The molecular formula is C19H30N4O2. The number of hydrogen-bond acceptors (Lipinski definition) is 4. The van der Waals surface area contributed by atoms with Gasteiger partial charge >= 0.3 is 0 Å². The quantitative estimate of drug-likeness (QED) is 0.877. The third-order valence-corrected chi connectivity index (χ3v) is 4.60. The number of hydrogen-bond donors (Lipinski definition) is 1. The van der Waals surface area contributed by atoms with Crippen LogP contribution in [0.4, 0.5) is 0 Å². The first-order chi connectivity index (χ1) is 11.7. The van der Waals surface area contributed by atoms with Crippen LogP contribution < -0.4 is 5.73 Å². The zero-order valence-corrected chi connectivity index (χ0v) is 15.8. The second-order valence-corrected chi connectivity index (χ2v) is 7.65. The molecule has 1 atom stereocenters. The van der Waals surface area contributed by atoms with Crippen LogP contribution in [0.5, 0.6) is 0 Å².